The van der Waals surface area contributed by atoms with Crippen LogP contribution in [0, 0.1) is 5.92 Å². The van der Waals surface area contributed by atoms with Gasteiger partial charge in [-0.3, -0.25) is 0 Å². The van der Waals surface area contributed by atoms with Crippen molar-refractivity contribution in [2.24, 2.45) is 5.92 Å². The third-order valence-corrected chi connectivity index (χ3v) is 3.77. The zero-order valence-corrected chi connectivity index (χ0v) is 10.3. The van der Waals surface area contributed by atoms with Crippen LogP contribution in [0.15, 0.2) is 36.5 Å². The Morgan fingerprint density at radius 3 is 2.88 bits per heavy atom. The Labute approximate surface area is 106 Å². The highest BCUT2D eigenvalue weighted by Crippen LogP contribution is 2.32. The van der Waals surface area contributed by atoms with Gasteiger partial charge in [-0.25, -0.2) is 4.98 Å². The number of alkyl halides is 1. The molecule has 2 aromatic rings. The van der Waals surface area contributed by atoms with E-state index in [0.717, 1.165) is 25.2 Å². The van der Waals surface area contributed by atoms with Gasteiger partial charge >= 0.3 is 0 Å². The maximum Gasteiger partial charge on any atom is 0.133 e. The molecule has 1 aromatic carbocycles. The van der Waals surface area contributed by atoms with E-state index in [1.54, 1.807) is 0 Å². The first-order valence-electron chi connectivity index (χ1n) is 6.04. The highest BCUT2D eigenvalue weighted by molar-refractivity contribution is 6.21. The maximum absolute atomic E-state index is 5.98. The summed E-state index contributed by atoms with van der Waals surface area (Å²) >= 11 is 5.98. The lowest BCUT2D eigenvalue weighted by atomic mass is 9.85. The van der Waals surface area contributed by atoms with Crippen LogP contribution in [-0.2, 0) is 0 Å². The molecule has 0 atom stereocenters. The van der Waals surface area contributed by atoms with Crippen molar-refractivity contribution < 1.29 is 0 Å². The first kappa shape index (κ1) is 10.8. The molecule has 0 bridgehead atoms. The number of nitrogens with one attached hydrogen (secondary N) is 1. The zero-order valence-electron chi connectivity index (χ0n) is 9.57. The molecule has 0 spiro atoms. The van der Waals surface area contributed by atoms with Crippen LogP contribution in [0.25, 0.3) is 10.8 Å². The van der Waals surface area contributed by atoms with E-state index in [2.05, 4.69) is 28.5 Å². The number of halogens is 1. The first-order valence-corrected chi connectivity index (χ1v) is 6.48. The smallest absolute Gasteiger partial charge is 0.133 e. The minimum Gasteiger partial charge on any atom is -0.369 e. The number of hydrogen-bond acceptors (Lipinski definition) is 2. The third-order valence-electron chi connectivity index (χ3n) is 3.41. The van der Waals surface area contributed by atoms with Crippen LogP contribution in [0.3, 0.4) is 0 Å². The molecule has 2 nitrogen and oxygen atoms in total. The molecule has 1 aliphatic rings. The van der Waals surface area contributed by atoms with E-state index in [9.17, 15) is 0 Å². The molecular weight excluding hydrogens is 232 g/mol. The lowest BCUT2D eigenvalue weighted by Gasteiger charge is -2.31. The number of rotatable bonds is 3. The van der Waals surface area contributed by atoms with Gasteiger partial charge in [-0.15, -0.1) is 11.6 Å². The van der Waals surface area contributed by atoms with Crippen LogP contribution in [0.4, 0.5) is 5.82 Å². The first-order chi connectivity index (χ1) is 8.33. The Bertz CT molecular complexity index is 515. The summed E-state index contributed by atoms with van der Waals surface area (Å²) in [6.45, 7) is 0.976. The average Bonchev–Trinajstić information content (AvgIpc) is 2.33. The summed E-state index contributed by atoms with van der Waals surface area (Å²) in [5.41, 5.74) is 0. The second-order valence-corrected chi connectivity index (χ2v) is 5.31. The number of pyridine rings is 1. The number of benzene rings is 1. The van der Waals surface area contributed by atoms with Crippen LogP contribution < -0.4 is 5.32 Å². The summed E-state index contributed by atoms with van der Waals surface area (Å²) in [5, 5.41) is 6.25. The minimum atomic E-state index is 0.391. The quantitative estimate of drug-likeness (QED) is 0.836. The number of anilines is 1. The van der Waals surface area contributed by atoms with Crippen molar-refractivity contribution in [1.82, 2.24) is 4.98 Å². The van der Waals surface area contributed by atoms with E-state index in [4.69, 9.17) is 11.6 Å². The molecule has 1 aliphatic carbocycles. The zero-order chi connectivity index (χ0) is 11.7. The molecule has 3 rings (SSSR count). The number of aromatic nitrogens is 1. The van der Waals surface area contributed by atoms with Gasteiger partial charge in [0.2, 0.25) is 0 Å². The predicted molar refractivity (Wildman–Crippen MR) is 72.6 cm³/mol. The third kappa shape index (κ3) is 2.22. The second-order valence-electron chi connectivity index (χ2n) is 4.70. The van der Waals surface area contributed by atoms with E-state index in [1.807, 2.05) is 18.3 Å². The van der Waals surface area contributed by atoms with Gasteiger partial charge in [0.05, 0.1) is 0 Å². The largest absolute Gasteiger partial charge is 0.369 e. The fraction of sp³-hybridized carbons (Fsp3) is 0.357. The molecule has 3 heteroatoms. The monoisotopic (exact) mass is 246 g/mol. The normalized spacial score (nSPS) is 23.4. The van der Waals surface area contributed by atoms with Gasteiger partial charge in [-0.1, -0.05) is 24.3 Å². The van der Waals surface area contributed by atoms with Crippen LogP contribution in [-0.4, -0.2) is 16.9 Å². The Morgan fingerprint density at radius 1 is 1.24 bits per heavy atom. The van der Waals surface area contributed by atoms with Crippen LogP contribution in [0.1, 0.15) is 12.8 Å². The fourth-order valence-electron chi connectivity index (χ4n) is 2.32. The lowest BCUT2D eigenvalue weighted by molar-refractivity contribution is 0.341. The van der Waals surface area contributed by atoms with E-state index in [1.165, 1.54) is 10.8 Å². The van der Waals surface area contributed by atoms with Crippen molar-refractivity contribution in [3.63, 3.8) is 0 Å². The Hall–Kier alpha value is -1.28. The Morgan fingerprint density at radius 2 is 2.06 bits per heavy atom. The number of hydrogen-bond donors (Lipinski definition) is 1. The highest BCUT2D eigenvalue weighted by Gasteiger charge is 2.26. The van der Waals surface area contributed by atoms with Crippen molar-refractivity contribution >= 4 is 28.2 Å². The summed E-state index contributed by atoms with van der Waals surface area (Å²) < 4.78 is 0. The summed E-state index contributed by atoms with van der Waals surface area (Å²) in [7, 11) is 0. The average molecular weight is 247 g/mol. The molecular formula is C14H15ClN2. The van der Waals surface area contributed by atoms with E-state index in [0.29, 0.717) is 11.3 Å². The van der Waals surface area contributed by atoms with Gasteiger partial charge in [0.15, 0.2) is 0 Å². The van der Waals surface area contributed by atoms with Crippen LogP contribution >= 0.6 is 11.6 Å². The molecule has 88 valence electrons. The molecule has 0 saturated heterocycles. The van der Waals surface area contributed by atoms with Crippen LogP contribution in [0.5, 0.6) is 0 Å². The molecule has 1 fully saturated rings. The fourth-order valence-corrected chi connectivity index (χ4v) is 2.83. The lowest BCUT2D eigenvalue weighted by Crippen LogP contribution is -2.30. The van der Waals surface area contributed by atoms with Crippen molar-refractivity contribution in [3.05, 3.63) is 36.5 Å². The molecule has 17 heavy (non-hydrogen) atoms. The van der Waals surface area contributed by atoms with Crippen LogP contribution in [0.2, 0.25) is 0 Å². The van der Waals surface area contributed by atoms with Gasteiger partial charge < -0.3 is 5.32 Å². The Kier molecular flexibility index (Phi) is 2.89. The van der Waals surface area contributed by atoms with Gasteiger partial charge in [0, 0.05) is 23.5 Å². The van der Waals surface area contributed by atoms with Gasteiger partial charge in [-0.2, -0.15) is 0 Å². The van der Waals surface area contributed by atoms with Crippen molar-refractivity contribution in [2.45, 2.75) is 18.2 Å². The van der Waals surface area contributed by atoms with Gasteiger partial charge in [-0.05, 0) is 30.2 Å². The molecule has 0 unspecified atom stereocenters. The number of fused-ring (bicyclic) bond motifs is 1. The van der Waals surface area contributed by atoms with Gasteiger partial charge in [0.25, 0.3) is 0 Å². The van der Waals surface area contributed by atoms with Crippen molar-refractivity contribution in [3.8, 4) is 0 Å². The minimum absolute atomic E-state index is 0.391. The second kappa shape index (κ2) is 4.53. The summed E-state index contributed by atoms with van der Waals surface area (Å²) in [4.78, 5) is 4.41. The summed E-state index contributed by atoms with van der Waals surface area (Å²) in [6, 6.07) is 10.4. The van der Waals surface area contributed by atoms with E-state index >= 15 is 0 Å². The Balaban J connectivity index is 1.76. The van der Waals surface area contributed by atoms with Gasteiger partial charge in [0.1, 0.15) is 5.82 Å². The van der Waals surface area contributed by atoms with E-state index < -0.39 is 0 Å². The summed E-state index contributed by atoms with van der Waals surface area (Å²) in [6.07, 6.45) is 4.11. The molecule has 1 N–H and O–H groups in total. The molecule has 1 saturated carbocycles. The SMILES string of the molecule is ClC1CC(CNc2nccc3ccccc23)C1. The number of nitrogens with zero attached hydrogens (tertiary/aromatic N) is 1. The summed E-state index contributed by atoms with van der Waals surface area (Å²) in [5.74, 6) is 1.69. The van der Waals surface area contributed by atoms with Crippen molar-refractivity contribution in [2.75, 3.05) is 11.9 Å². The molecule has 0 radical (unpaired) electrons. The van der Waals surface area contributed by atoms with E-state index in [-0.39, 0.29) is 0 Å². The standard InChI is InChI=1S/C14H15ClN2/c15-12-7-10(8-12)9-17-14-13-4-2-1-3-11(13)5-6-16-14/h1-6,10,12H,7-9H2,(H,16,17). The highest BCUT2D eigenvalue weighted by atomic mass is 35.5. The molecule has 0 aliphatic heterocycles. The molecule has 1 heterocycles. The predicted octanol–water partition coefficient (Wildman–Crippen LogP) is 3.66. The maximum atomic E-state index is 5.98. The molecule has 0 amide bonds. The topological polar surface area (TPSA) is 24.9 Å². The molecule has 1 aromatic heterocycles. The van der Waals surface area contributed by atoms with Crippen molar-refractivity contribution in [1.29, 1.82) is 0 Å².